The van der Waals surface area contributed by atoms with Gasteiger partial charge in [-0.15, -0.1) is 12.4 Å². The van der Waals surface area contributed by atoms with Gasteiger partial charge in [0.1, 0.15) is 0 Å². The summed E-state index contributed by atoms with van der Waals surface area (Å²) in [4.78, 5) is 13.0. The van der Waals surface area contributed by atoms with Crippen molar-refractivity contribution < 1.29 is 4.79 Å². The van der Waals surface area contributed by atoms with Crippen LogP contribution in [0.5, 0.6) is 0 Å². The van der Waals surface area contributed by atoms with Gasteiger partial charge in [-0.1, -0.05) is 6.92 Å². The maximum atomic E-state index is 11.2. The second-order valence-corrected chi connectivity index (χ2v) is 2.67. The van der Waals surface area contributed by atoms with Gasteiger partial charge in [-0.3, -0.25) is 4.79 Å². The highest BCUT2D eigenvalue weighted by atomic mass is 35.5. The van der Waals surface area contributed by atoms with Gasteiger partial charge in [0.05, 0.1) is 6.04 Å². The molecule has 0 spiro atoms. The summed E-state index contributed by atoms with van der Waals surface area (Å²) in [5, 5.41) is 3.16. The Kier molecular flexibility index (Phi) is 4.45. The van der Waals surface area contributed by atoms with Crippen molar-refractivity contribution >= 4 is 18.3 Å². The highest BCUT2D eigenvalue weighted by molar-refractivity contribution is 5.85. The van der Waals surface area contributed by atoms with Gasteiger partial charge in [0, 0.05) is 20.1 Å². The zero-order chi connectivity index (χ0) is 7.56. The third-order valence-electron chi connectivity index (χ3n) is 1.92. The number of halogens is 1. The van der Waals surface area contributed by atoms with Crippen molar-refractivity contribution in [2.45, 2.75) is 19.4 Å². The van der Waals surface area contributed by atoms with Crippen LogP contribution in [0.4, 0.5) is 0 Å². The number of hydrogen-bond donors (Lipinski definition) is 1. The van der Waals surface area contributed by atoms with Crippen molar-refractivity contribution in [1.29, 1.82) is 0 Å². The Morgan fingerprint density at radius 1 is 1.73 bits per heavy atom. The Hall–Kier alpha value is -0.280. The van der Waals surface area contributed by atoms with Gasteiger partial charge in [0.2, 0.25) is 5.91 Å². The molecule has 1 atom stereocenters. The van der Waals surface area contributed by atoms with E-state index >= 15 is 0 Å². The lowest BCUT2D eigenvalue weighted by Crippen LogP contribution is -2.53. The fourth-order valence-electron chi connectivity index (χ4n) is 1.19. The van der Waals surface area contributed by atoms with Crippen LogP contribution in [0.25, 0.3) is 0 Å². The predicted molar refractivity (Wildman–Crippen MR) is 47.0 cm³/mol. The van der Waals surface area contributed by atoms with Crippen molar-refractivity contribution in [3.8, 4) is 0 Å². The fourth-order valence-corrected chi connectivity index (χ4v) is 1.19. The number of carbonyl (C=O) groups excluding carboxylic acids is 1. The van der Waals surface area contributed by atoms with Crippen LogP contribution in [0, 0.1) is 0 Å². The summed E-state index contributed by atoms with van der Waals surface area (Å²) in [5.74, 6) is 0.230. The zero-order valence-electron chi connectivity index (χ0n) is 6.96. The maximum absolute atomic E-state index is 11.2. The molecule has 4 heteroatoms. The minimum Gasteiger partial charge on any atom is -0.343 e. The lowest BCUT2D eigenvalue weighted by Gasteiger charge is -2.29. The van der Waals surface area contributed by atoms with E-state index in [1.165, 1.54) is 0 Å². The highest BCUT2D eigenvalue weighted by Crippen LogP contribution is 2.00. The van der Waals surface area contributed by atoms with Crippen molar-refractivity contribution in [2.24, 2.45) is 0 Å². The summed E-state index contributed by atoms with van der Waals surface area (Å²) in [5.41, 5.74) is 0. The van der Waals surface area contributed by atoms with Crippen LogP contribution >= 0.6 is 12.4 Å². The van der Waals surface area contributed by atoms with Gasteiger partial charge in [-0.05, 0) is 6.42 Å². The fraction of sp³-hybridized carbons (Fsp3) is 0.857. The highest BCUT2D eigenvalue weighted by Gasteiger charge is 2.23. The second-order valence-electron chi connectivity index (χ2n) is 2.67. The molecule has 1 N–H and O–H groups in total. The van der Waals surface area contributed by atoms with Gasteiger partial charge in [0.25, 0.3) is 0 Å². The molecule has 0 aromatic heterocycles. The molecular formula is C7H15ClN2O. The molecule has 0 aliphatic carbocycles. The lowest BCUT2D eigenvalue weighted by molar-refractivity contribution is -0.134. The number of rotatable bonds is 1. The molecule has 1 fully saturated rings. The van der Waals surface area contributed by atoms with Crippen LogP contribution in [-0.4, -0.2) is 37.0 Å². The van der Waals surface area contributed by atoms with Crippen LogP contribution in [0.2, 0.25) is 0 Å². The van der Waals surface area contributed by atoms with Crippen molar-refractivity contribution in [1.82, 2.24) is 10.2 Å². The zero-order valence-corrected chi connectivity index (χ0v) is 7.78. The van der Waals surface area contributed by atoms with Gasteiger partial charge < -0.3 is 10.2 Å². The number of carbonyl (C=O) groups is 1. The largest absolute Gasteiger partial charge is 0.343 e. The Morgan fingerprint density at radius 3 is 2.82 bits per heavy atom. The predicted octanol–water partition coefficient (Wildman–Crippen LogP) is 0.248. The first kappa shape index (κ1) is 10.7. The minimum absolute atomic E-state index is 0. The Morgan fingerprint density at radius 2 is 2.36 bits per heavy atom. The molecule has 0 aromatic carbocycles. The minimum atomic E-state index is 0. The number of hydrogen-bond acceptors (Lipinski definition) is 2. The average molecular weight is 179 g/mol. The van der Waals surface area contributed by atoms with E-state index < -0.39 is 0 Å². The van der Waals surface area contributed by atoms with Crippen molar-refractivity contribution in [3.63, 3.8) is 0 Å². The van der Waals surface area contributed by atoms with Crippen LogP contribution in [0.3, 0.4) is 0 Å². The molecule has 0 radical (unpaired) electrons. The number of piperazine rings is 1. The average Bonchev–Trinajstić information content (AvgIpc) is 1.95. The standard InChI is InChI=1S/C7H14N2O.ClH/c1-3-6-7(10)9(2)5-4-8-6;/h6,8H,3-5H2,1-2H3;1H. The third-order valence-corrected chi connectivity index (χ3v) is 1.92. The Balaban J connectivity index is 0.000001000. The Bertz CT molecular complexity index is 140. The monoisotopic (exact) mass is 178 g/mol. The number of likely N-dealkylation sites (N-methyl/N-ethyl adjacent to an activating group) is 1. The van der Waals surface area contributed by atoms with E-state index in [1.54, 1.807) is 4.90 Å². The molecule has 1 heterocycles. The maximum Gasteiger partial charge on any atom is 0.239 e. The molecular weight excluding hydrogens is 164 g/mol. The summed E-state index contributed by atoms with van der Waals surface area (Å²) in [6.45, 7) is 3.80. The number of nitrogens with one attached hydrogen (secondary N) is 1. The van der Waals surface area contributed by atoms with E-state index in [2.05, 4.69) is 5.32 Å². The quantitative estimate of drug-likeness (QED) is 0.625. The van der Waals surface area contributed by atoms with Gasteiger partial charge in [-0.25, -0.2) is 0 Å². The first-order valence-corrected chi connectivity index (χ1v) is 3.74. The molecule has 0 saturated carbocycles. The molecule has 1 saturated heterocycles. The van der Waals surface area contributed by atoms with Crippen molar-refractivity contribution in [2.75, 3.05) is 20.1 Å². The molecule has 1 aliphatic rings. The summed E-state index contributed by atoms with van der Waals surface area (Å²) in [7, 11) is 1.85. The first-order valence-electron chi connectivity index (χ1n) is 3.74. The number of nitrogens with zero attached hydrogens (tertiary/aromatic N) is 1. The van der Waals surface area contributed by atoms with E-state index in [1.807, 2.05) is 14.0 Å². The lowest BCUT2D eigenvalue weighted by atomic mass is 10.1. The van der Waals surface area contributed by atoms with Crippen LogP contribution in [0.15, 0.2) is 0 Å². The summed E-state index contributed by atoms with van der Waals surface area (Å²) >= 11 is 0. The first-order chi connectivity index (χ1) is 4.75. The molecule has 1 amide bonds. The SMILES string of the molecule is CCC1NCCN(C)C1=O.Cl. The topological polar surface area (TPSA) is 32.3 Å². The van der Waals surface area contributed by atoms with Crippen LogP contribution in [-0.2, 0) is 4.79 Å². The molecule has 11 heavy (non-hydrogen) atoms. The molecule has 1 aliphatic heterocycles. The summed E-state index contributed by atoms with van der Waals surface area (Å²) in [6, 6.07) is 0.0683. The van der Waals surface area contributed by atoms with Gasteiger partial charge in [-0.2, -0.15) is 0 Å². The molecule has 1 unspecified atom stereocenters. The third kappa shape index (κ3) is 2.34. The van der Waals surface area contributed by atoms with Crippen LogP contribution < -0.4 is 5.32 Å². The van der Waals surface area contributed by atoms with E-state index in [0.717, 1.165) is 19.5 Å². The van der Waals surface area contributed by atoms with Gasteiger partial charge >= 0.3 is 0 Å². The molecule has 0 bridgehead atoms. The summed E-state index contributed by atoms with van der Waals surface area (Å²) < 4.78 is 0. The molecule has 0 aromatic rings. The van der Waals surface area contributed by atoms with E-state index in [4.69, 9.17) is 0 Å². The number of amides is 1. The van der Waals surface area contributed by atoms with E-state index in [9.17, 15) is 4.79 Å². The van der Waals surface area contributed by atoms with Gasteiger partial charge in [0.15, 0.2) is 0 Å². The molecule has 66 valence electrons. The van der Waals surface area contributed by atoms with Crippen LogP contribution in [0.1, 0.15) is 13.3 Å². The summed E-state index contributed by atoms with van der Waals surface area (Å²) in [6.07, 6.45) is 0.892. The van der Waals surface area contributed by atoms with Crippen molar-refractivity contribution in [3.05, 3.63) is 0 Å². The Labute approximate surface area is 73.5 Å². The smallest absolute Gasteiger partial charge is 0.239 e. The molecule has 1 rings (SSSR count). The molecule has 3 nitrogen and oxygen atoms in total. The second kappa shape index (κ2) is 4.57. The normalized spacial score (nSPS) is 24.7. The van der Waals surface area contributed by atoms with E-state index in [-0.39, 0.29) is 24.4 Å². The van der Waals surface area contributed by atoms with E-state index in [0.29, 0.717) is 0 Å².